The molecule has 49 heavy (non-hydrogen) atoms. The summed E-state index contributed by atoms with van der Waals surface area (Å²) in [6.45, 7) is 14.5. The molecule has 14 heteroatoms. The van der Waals surface area contributed by atoms with Crippen molar-refractivity contribution in [2.45, 2.75) is 90.3 Å². The molecule has 1 aromatic carbocycles. The molecule has 0 bridgehead atoms. The highest BCUT2D eigenvalue weighted by Crippen LogP contribution is 2.52. The molecule has 6 rings (SSSR count). The maximum absolute atomic E-state index is 14.6. The summed E-state index contributed by atoms with van der Waals surface area (Å²) in [5, 5.41) is 9.32. The van der Waals surface area contributed by atoms with Crippen molar-refractivity contribution in [1.29, 1.82) is 0 Å². The first-order valence-electron chi connectivity index (χ1n) is 17.0. The van der Waals surface area contributed by atoms with E-state index in [1.165, 1.54) is 29.3 Å². The van der Waals surface area contributed by atoms with E-state index in [-0.39, 0.29) is 12.4 Å². The van der Waals surface area contributed by atoms with Gasteiger partial charge >= 0.3 is 6.36 Å². The first-order valence-corrected chi connectivity index (χ1v) is 21.1. The lowest BCUT2D eigenvalue weighted by Crippen LogP contribution is -2.43. The normalized spacial score (nSPS) is 22.1. The summed E-state index contributed by atoms with van der Waals surface area (Å²) < 4.78 is 56.8. The van der Waals surface area contributed by atoms with Gasteiger partial charge in [-0.25, -0.2) is 0 Å². The Labute approximate surface area is 291 Å². The van der Waals surface area contributed by atoms with Crippen LogP contribution in [0.4, 0.5) is 13.2 Å². The number of alkyl halides is 3. The minimum Gasteiger partial charge on any atom is -0.406 e. The Kier molecular flexibility index (Phi) is 9.86. The van der Waals surface area contributed by atoms with Gasteiger partial charge in [0.2, 0.25) is 0 Å². The number of nitrogens with zero attached hydrogens (tertiary/aromatic N) is 6. The van der Waals surface area contributed by atoms with Crippen LogP contribution in [0.2, 0.25) is 30.7 Å². The van der Waals surface area contributed by atoms with E-state index in [1.54, 1.807) is 17.0 Å². The number of benzene rings is 1. The molecule has 0 unspecified atom stereocenters. The first-order chi connectivity index (χ1) is 23.0. The highest BCUT2D eigenvalue weighted by atomic mass is 35.5. The Hall–Kier alpha value is -3.13. The monoisotopic (exact) mass is 718 g/mol. The Morgan fingerprint density at radius 1 is 1.10 bits per heavy atom. The van der Waals surface area contributed by atoms with Crippen molar-refractivity contribution in [3.05, 3.63) is 69.2 Å². The lowest BCUT2D eigenvalue weighted by Gasteiger charge is -2.46. The third kappa shape index (κ3) is 7.64. The van der Waals surface area contributed by atoms with E-state index in [0.29, 0.717) is 65.1 Å². The third-order valence-electron chi connectivity index (χ3n) is 9.94. The summed E-state index contributed by atoms with van der Waals surface area (Å²) in [4.78, 5) is 17.0. The maximum atomic E-state index is 14.6. The molecule has 2 fully saturated rings. The van der Waals surface area contributed by atoms with E-state index < -0.39 is 31.2 Å². The van der Waals surface area contributed by atoms with Crippen LogP contribution in [-0.4, -0.2) is 62.9 Å². The zero-order valence-corrected chi connectivity index (χ0v) is 30.9. The summed E-state index contributed by atoms with van der Waals surface area (Å²) in [6.07, 6.45) is 1.73. The van der Waals surface area contributed by atoms with Gasteiger partial charge in [0.1, 0.15) is 30.1 Å². The SMILES string of the molecule is CC1CC(c2cc(OC(F)(F)F)cc(-n3cc(Cl)c4cc(CN5CCC[C@H](C)C5)n(COCC[Si](C)(C)C)c4c3=O)c2)(c2nncn2C)C1. The number of fused-ring (bicyclic) bond motifs is 1. The Bertz CT molecular complexity index is 1870. The van der Waals surface area contributed by atoms with Crippen molar-refractivity contribution in [2.75, 3.05) is 19.7 Å². The van der Waals surface area contributed by atoms with Crippen LogP contribution in [0, 0.1) is 11.8 Å². The number of halogens is 4. The lowest BCUT2D eigenvalue weighted by molar-refractivity contribution is -0.274. The van der Waals surface area contributed by atoms with Gasteiger partial charge in [0, 0.05) is 58.2 Å². The van der Waals surface area contributed by atoms with E-state index >= 15 is 0 Å². The second kappa shape index (κ2) is 13.5. The molecule has 1 aliphatic heterocycles. The minimum atomic E-state index is -4.93. The molecule has 9 nitrogen and oxygen atoms in total. The molecule has 1 saturated carbocycles. The minimum absolute atomic E-state index is 0.165. The quantitative estimate of drug-likeness (QED) is 0.117. The zero-order valence-electron chi connectivity index (χ0n) is 29.1. The van der Waals surface area contributed by atoms with Crippen molar-refractivity contribution in [3.8, 4) is 11.4 Å². The second-order valence-corrected chi connectivity index (χ2v) is 21.5. The third-order valence-corrected chi connectivity index (χ3v) is 11.9. The highest BCUT2D eigenvalue weighted by Gasteiger charge is 2.48. The largest absolute Gasteiger partial charge is 0.573 e. The Morgan fingerprint density at radius 2 is 1.86 bits per heavy atom. The van der Waals surface area contributed by atoms with Gasteiger partial charge in [-0.05, 0) is 73.9 Å². The molecule has 4 aromatic rings. The molecular formula is C35H46ClF3N6O3Si. The summed E-state index contributed by atoms with van der Waals surface area (Å²) in [5.74, 6) is 1.10. The fraction of sp³-hybridized carbons (Fsp3) is 0.571. The van der Waals surface area contributed by atoms with Crippen LogP contribution in [0.1, 0.15) is 56.6 Å². The van der Waals surface area contributed by atoms with Gasteiger partial charge < -0.3 is 18.6 Å². The second-order valence-electron chi connectivity index (χ2n) is 15.4. The number of aryl methyl sites for hydroxylation is 1. The number of rotatable bonds is 11. The Balaban J connectivity index is 1.49. The van der Waals surface area contributed by atoms with E-state index in [2.05, 4.69) is 53.3 Å². The molecule has 2 aliphatic rings. The summed E-state index contributed by atoms with van der Waals surface area (Å²) in [6, 6.07) is 7.31. The number of hydrogen-bond acceptors (Lipinski definition) is 6. The van der Waals surface area contributed by atoms with Gasteiger partial charge in [-0.3, -0.25) is 14.3 Å². The van der Waals surface area contributed by atoms with Crippen LogP contribution in [0.5, 0.6) is 5.75 Å². The van der Waals surface area contributed by atoms with Crippen molar-refractivity contribution in [2.24, 2.45) is 18.9 Å². The predicted molar refractivity (Wildman–Crippen MR) is 187 cm³/mol. The molecular weight excluding hydrogens is 673 g/mol. The van der Waals surface area contributed by atoms with Gasteiger partial charge in [0.15, 0.2) is 0 Å². The molecule has 1 atom stereocenters. The number of pyridine rings is 1. The molecule has 0 N–H and O–H groups in total. The van der Waals surface area contributed by atoms with Gasteiger partial charge in [-0.1, -0.05) is 45.1 Å². The molecule has 4 heterocycles. The van der Waals surface area contributed by atoms with E-state index in [0.717, 1.165) is 31.2 Å². The highest BCUT2D eigenvalue weighted by molar-refractivity contribution is 6.76. The molecule has 0 spiro atoms. The fourth-order valence-electron chi connectivity index (χ4n) is 7.62. The molecule has 1 saturated heterocycles. The van der Waals surface area contributed by atoms with E-state index in [4.69, 9.17) is 16.3 Å². The van der Waals surface area contributed by atoms with Gasteiger partial charge in [0.05, 0.1) is 16.1 Å². The average molecular weight is 719 g/mol. The van der Waals surface area contributed by atoms with Crippen molar-refractivity contribution in [1.82, 2.24) is 28.8 Å². The lowest BCUT2D eigenvalue weighted by atomic mass is 9.58. The fourth-order valence-corrected chi connectivity index (χ4v) is 8.62. The average Bonchev–Trinajstić information content (AvgIpc) is 3.57. The standard InChI is InChI=1S/C35H46ClF3N6O3Si/c1-23-8-7-9-43(18-23)19-27-15-29-30(36)20-44(32(46)31(29)45(27)22-47-10-11-49(4,5)6)26-12-25(13-28(14-26)48-35(37,38)39)34(16-24(2)17-34)33-41-40-21-42(33)3/h12-15,20-21,23-24H,7-11,16-19,22H2,1-6H3/t23-,24?,34?/m0/s1. The molecule has 0 amide bonds. The van der Waals surface area contributed by atoms with E-state index in [1.807, 2.05) is 17.7 Å². The maximum Gasteiger partial charge on any atom is 0.573 e. The van der Waals surface area contributed by atoms with Gasteiger partial charge in [-0.15, -0.1) is 23.4 Å². The number of likely N-dealkylation sites (tertiary alicyclic amines) is 1. The first kappa shape index (κ1) is 35.7. The number of hydrogen-bond donors (Lipinski definition) is 0. The zero-order chi connectivity index (χ0) is 35.3. The van der Waals surface area contributed by atoms with Crippen LogP contribution in [0.3, 0.4) is 0 Å². The van der Waals surface area contributed by atoms with Gasteiger partial charge in [-0.2, -0.15) is 0 Å². The topological polar surface area (TPSA) is 79.3 Å². The summed E-state index contributed by atoms with van der Waals surface area (Å²) >= 11 is 6.94. The Morgan fingerprint density at radius 3 is 2.49 bits per heavy atom. The number of ether oxygens (including phenoxy) is 2. The molecule has 1 aliphatic carbocycles. The van der Waals surface area contributed by atoms with Crippen molar-refractivity contribution < 1.29 is 22.6 Å². The van der Waals surface area contributed by atoms with E-state index in [9.17, 15) is 18.0 Å². The van der Waals surface area contributed by atoms with Gasteiger partial charge in [0.25, 0.3) is 5.56 Å². The predicted octanol–water partition coefficient (Wildman–Crippen LogP) is 7.73. The van der Waals surface area contributed by atoms with Crippen molar-refractivity contribution >= 4 is 30.6 Å². The van der Waals surface area contributed by atoms with Crippen LogP contribution in [0.15, 0.2) is 41.6 Å². The molecule has 266 valence electrons. The van der Waals surface area contributed by atoms with Crippen LogP contribution >= 0.6 is 11.6 Å². The summed E-state index contributed by atoms with van der Waals surface area (Å²) in [5.41, 5.74) is 0.927. The molecule has 0 radical (unpaired) electrons. The smallest absolute Gasteiger partial charge is 0.406 e. The summed E-state index contributed by atoms with van der Waals surface area (Å²) in [7, 11) is 0.453. The van der Waals surface area contributed by atoms with Crippen LogP contribution < -0.4 is 10.3 Å². The number of aromatic nitrogens is 5. The van der Waals surface area contributed by atoms with Crippen LogP contribution in [-0.2, 0) is 30.5 Å². The number of piperidine rings is 1. The molecule has 3 aromatic heterocycles. The van der Waals surface area contributed by atoms with Crippen LogP contribution in [0.25, 0.3) is 16.6 Å². The van der Waals surface area contributed by atoms with Crippen molar-refractivity contribution in [3.63, 3.8) is 0 Å².